The van der Waals surface area contributed by atoms with E-state index in [0.717, 1.165) is 0 Å². The van der Waals surface area contributed by atoms with Gasteiger partial charge in [0.15, 0.2) is 0 Å². The van der Waals surface area contributed by atoms with Crippen LogP contribution in [0.15, 0.2) is 24.3 Å². The van der Waals surface area contributed by atoms with Crippen LogP contribution in [0.5, 0.6) is 0 Å². The maximum absolute atomic E-state index is 12.5. The summed E-state index contributed by atoms with van der Waals surface area (Å²) in [7, 11) is 0. The molecule has 1 aromatic carbocycles. The van der Waals surface area contributed by atoms with Crippen molar-refractivity contribution in [2.75, 3.05) is 11.9 Å². The molecule has 0 radical (unpaired) electrons. The largest absolute Gasteiger partial charge is 0.350 e. The van der Waals surface area contributed by atoms with Gasteiger partial charge in [0.05, 0.1) is 4.92 Å². The zero-order valence-corrected chi connectivity index (χ0v) is 14.0. The molecule has 1 aromatic rings. The summed E-state index contributed by atoms with van der Waals surface area (Å²) in [5.41, 5.74) is -0.449. The second kappa shape index (κ2) is 6.86. The first-order chi connectivity index (χ1) is 11.2. The predicted octanol–water partition coefficient (Wildman–Crippen LogP) is 2.51. The Morgan fingerprint density at radius 2 is 1.96 bits per heavy atom. The molecule has 3 amide bonds. The van der Waals surface area contributed by atoms with Crippen molar-refractivity contribution in [1.82, 2.24) is 10.2 Å². The van der Waals surface area contributed by atoms with Crippen LogP contribution >= 0.6 is 0 Å². The Morgan fingerprint density at radius 1 is 1.29 bits per heavy atom. The molecule has 1 saturated heterocycles. The summed E-state index contributed by atoms with van der Waals surface area (Å²) in [5, 5.41) is 16.4. The van der Waals surface area contributed by atoms with Crippen LogP contribution in [0.4, 0.5) is 16.2 Å². The molecule has 130 valence electrons. The van der Waals surface area contributed by atoms with Crippen molar-refractivity contribution < 1.29 is 14.5 Å². The zero-order valence-electron chi connectivity index (χ0n) is 14.0. The third kappa shape index (κ3) is 4.21. The lowest BCUT2D eigenvalue weighted by Crippen LogP contribution is -2.52. The van der Waals surface area contributed by atoms with Gasteiger partial charge in [-0.15, -0.1) is 0 Å². The molecular weight excluding hydrogens is 312 g/mol. The van der Waals surface area contributed by atoms with Crippen molar-refractivity contribution in [3.63, 3.8) is 0 Å². The van der Waals surface area contributed by atoms with E-state index in [1.165, 1.54) is 23.1 Å². The SMILES string of the molecule is CC(C)(C)NC(=O)[C@H]1CCCN1C(=O)Nc1ccccc1[N+](=O)[O-]. The Labute approximate surface area is 140 Å². The normalized spacial score (nSPS) is 17.5. The standard InChI is InChI=1S/C16H22N4O4/c1-16(2,3)18-14(21)13-9-6-10-19(13)15(22)17-11-7-4-5-8-12(11)20(23)24/h4-5,7-8,13H,6,9-10H2,1-3H3,(H,17,22)(H,18,21)/t13-/m1/s1. The molecular formula is C16H22N4O4. The Balaban J connectivity index is 2.12. The molecule has 2 rings (SSSR count). The number of nitro groups is 1. The Kier molecular flexibility index (Phi) is 5.06. The van der Waals surface area contributed by atoms with E-state index in [4.69, 9.17) is 0 Å². The highest BCUT2D eigenvalue weighted by atomic mass is 16.6. The summed E-state index contributed by atoms with van der Waals surface area (Å²) in [6.45, 7) is 6.06. The fraction of sp³-hybridized carbons (Fsp3) is 0.500. The van der Waals surface area contributed by atoms with Gasteiger partial charge in [0.25, 0.3) is 5.69 Å². The van der Waals surface area contributed by atoms with E-state index in [2.05, 4.69) is 10.6 Å². The summed E-state index contributed by atoms with van der Waals surface area (Å²) in [5.74, 6) is -0.210. The lowest BCUT2D eigenvalue weighted by atomic mass is 10.1. The molecule has 1 aliphatic rings. The lowest BCUT2D eigenvalue weighted by Gasteiger charge is -2.28. The van der Waals surface area contributed by atoms with Gasteiger partial charge in [-0.3, -0.25) is 14.9 Å². The summed E-state index contributed by atoms with van der Waals surface area (Å²) in [6.07, 6.45) is 1.29. The van der Waals surface area contributed by atoms with Gasteiger partial charge < -0.3 is 15.5 Å². The molecule has 1 atom stereocenters. The molecule has 0 unspecified atom stereocenters. The minimum atomic E-state index is -0.563. The van der Waals surface area contributed by atoms with Crippen molar-refractivity contribution in [3.05, 3.63) is 34.4 Å². The Hall–Kier alpha value is -2.64. The maximum Gasteiger partial charge on any atom is 0.322 e. The average Bonchev–Trinajstić information content (AvgIpc) is 2.95. The van der Waals surface area contributed by atoms with Crippen LogP contribution in [0.3, 0.4) is 0 Å². The molecule has 24 heavy (non-hydrogen) atoms. The van der Waals surface area contributed by atoms with E-state index in [1.54, 1.807) is 6.07 Å². The van der Waals surface area contributed by atoms with E-state index in [0.29, 0.717) is 19.4 Å². The molecule has 2 N–H and O–H groups in total. The number of nitrogens with one attached hydrogen (secondary N) is 2. The number of nitro benzene ring substituents is 1. The number of carbonyl (C=O) groups excluding carboxylic acids is 2. The molecule has 8 heteroatoms. The number of para-hydroxylation sites is 2. The third-order valence-corrected chi connectivity index (χ3v) is 3.66. The molecule has 0 aromatic heterocycles. The third-order valence-electron chi connectivity index (χ3n) is 3.66. The number of nitrogens with zero attached hydrogens (tertiary/aromatic N) is 2. The molecule has 1 aliphatic heterocycles. The number of likely N-dealkylation sites (tertiary alicyclic amines) is 1. The van der Waals surface area contributed by atoms with Gasteiger partial charge in [0.2, 0.25) is 5.91 Å². The number of carbonyl (C=O) groups is 2. The van der Waals surface area contributed by atoms with Gasteiger partial charge >= 0.3 is 6.03 Å². The second-order valence-corrected chi connectivity index (χ2v) is 6.80. The van der Waals surface area contributed by atoms with Gasteiger partial charge in [-0.25, -0.2) is 4.79 Å². The summed E-state index contributed by atoms with van der Waals surface area (Å²) in [6, 6.07) is 4.86. The molecule has 1 fully saturated rings. The summed E-state index contributed by atoms with van der Waals surface area (Å²) in [4.78, 5) is 36.8. The van der Waals surface area contributed by atoms with Gasteiger partial charge in [0, 0.05) is 18.2 Å². The van der Waals surface area contributed by atoms with Crippen LogP contribution < -0.4 is 10.6 Å². The van der Waals surface area contributed by atoms with Gasteiger partial charge in [-0.2, -0.15) is 0 Å². The minimum absolute atomic E-state index is 0.120. The number of rotatable bonds is 3. The smallest absolute Gasteiger partial charge is 0.322 e. The topological polar surface area (TPSA) is 105 Å². The highest BCUT2D eigenvalue weighted by Crippen LogP contribution is 2.25. The minimum Gasteiger partial charge on any atom is -0.350 e. The molecule has 8 nitrogen and oxygen atoms in total. The first-order valence-electron chi connectivity index (χ1n) is 7.82. The Morgan fingerprint density at radius 3 is 2.58 bits per heavy atom. The van der Waals surface area contributed by atoms with Crippen molar-refractivity contribution in [2.24, 2.45) is 0 Å². The lowest BCUT2D eigenvalue weighted by molar-refractivity contribution is -0.383. The van der Waals surface area contributed by atoms with Crippen molar-refractivity contribution >= 4 is 23.3 Å². The van der Waals surface area contributed by atoms with Crippen molar-refractivity contribution in [1.29, 1.82) is 0 Å². The molecule has 0 spiro atoms. The van der Waals surface area contributed by atoms with E-state index >= 15 is 0 Å². The van der Waals surface area contributed by atoms with Gasteiger partial charge in [-0.05, 0) is 39.7 Å². The summed E-state index contributed by atoms with van der Waals surface area (Å²) < 4.78 is 0. The quantitative estimate of drug-likeness (QED) is 0.654. The maximum atomic E-state index is 12.5. The molecule has 1 heterocycles. The van der Waals surface area contributed by atoms with Crippen LogP contribution in [-0.2, 0) is 4.79 Å². The number of amides is 3. The van der Waals surface area contributed by atoms with E-state index < -0.39 is 17.0 Å². The average molecular weight is 334 g/mol. The summed E-state index contributed by atoms with van der Waals surface area (Å²) >= 11 is 0. The van der Waals surface area contributed by atoms with Gasteiger partial charge in [-0.1, -0.05) is 12.1 Å². The van der Waals surface area contributed by atoms with Gasteiger partial charge in [0.1, 0.15) is 11.7 Å². The van der Waals surface area contributed by atoms with Crippen LogP contribution in [0, 0.1) is 10.1 Å². The van der Waals surface area contributed by atoms with Crippen molar-refractivity contribution in [2.45, 2.75) is 45.2 Å². The van der Waals surface area contributed by atoms with Crippen LogP contribution in [0.1, 0.15) is 33.6 Å². The van der Waals surface area contributed by atoms with E-state index in [-0.39, 0.29) is 22.8 Å². The Bertz CT molecular complexity index is 654. The number of hydrogen-bond acceptors (Lipinski definition) is 4. The van der Waals surface area contributed by atoms with Crippen LogP contribution in [0.2, 0.25) is 0 Å². The van der Waals surface area contributed by atoms with Crippen molar-refractivity contribution in [3.8, 4) is 0 Å². The highest BCUT2D eigenvalue weighted by molar-refractivity contribution is 5.95. The van der Waals surface area contributed by atoms with E-state index in [9.17, 15) is 19.7 Å². The fourth-order valence-electron chi connectivity index (χ4n) is 2.66. The first kappa shape index (κ1) is 17.7. The fourth-order valence-corrected chi connectivity index (χ4v) is 2.66. The second-order valence-electron chi connectivity index (χ2n) is 6.80. The number of anilines is 1. The first-order valence-corrected chi connectivity index (χ1v) is 7.82. The van der Waals surface area contributed by atoms with Crippen LogP contribution in [-0.4, -0.2) is 39.9 Å². The molecule has 0 saturated carbocycles. The highest BCUT2D eigenvalue weighted by Gasteiger charge is 2.35. The number of urea groups is 1. The van der Waals surface area contributed by atoms with Crippen LogP contribution in [0.25, 0.3) is 0 Å². The predicted molar refractivity (Wildman–Crippen MR) is 89.7 cm³/mol. The molecule has 0 aliphatic carbocycles. The van der Waals surface area contributed by atoms with E-state index in [1.807, 2.05) is 20.8 Å². The molecule has 0 bridgehead atoms. The zero-order chi connectivity index (χ0) is 17.9. The monoisotopic (exact) mass is 334 g/mol. The number of hydrogen-bond donors (Lipinski definition) is 2. The number of benzene rings is 1.